The van der Waals surface area contributed by atoms with Crippen LogP contribution in [0.15, 0.2) is 0 Å². The SMILES string of the molecule is NNC(=O)SCC1O[C@H](O[C@H]2OC(CSC(=O)NN)[C@@H](O)C(O)C2O)C(O)C(O)[C@@H]1O. The van der Waals surface area contributed by atoms with Gasteiger partial charge in [0.1, 0.15) is 36.6 Å². The molecule has 10 atom stereocenters. The molecule has 2 aliphatic rings. The molecule has 2 aliphatic heterocycles. The van der Waals surface area contributed by atoms with E-state index in [-0.39, 0.29) is 11.5 Å². The van der Waals surface area contributed by atoms with Crippen LogP contribution in [0.5, 0.6) is 0 Å². The molecule has 0 spiro atoms. The van der Waals surface area contributed by atoms with Crippen LogP contribution in [-0.4, -0.2) is 114 Å². The average molecular weight is 491 g/mol. The largest absolute Gasteiger partial charge is 0.388 e. The van der Waals surface area contributed by atoms with Gasteiger partial charge in [0, 0.05) is 11.5 Å². The Balaban J connectivity index is 2.06. The van der Waals surface area contributed by atoms with Gasteiger partial charge in [0.2, 0.25) is 0 Å². The first-order chi connectivity index (χ1) is 14.6. The number of hydrogen-bond donors (Lipinski definition) is 10. The number of carbonyl (C=O) groups excluding carboxylic acids is 2. The number of hydrazine groups is 2. The first-order valence-electron chi connectivity index (χ1n) is 8.92. The zero-order valence-electron chi connectivity index (χ0n) is 15.9. The third-order valence-corrected chi connectivity index (χ3v) is 6.35. The number of aliphatic hydroxyl groups is 6. The van der Waals surface area contributed by atoms with Crippen molar-refractivity contribution >= 4 is 34.0 Å². The zero-order chi connectivity index (χ0) is 23.3. The Hall–Kier alpha value is -0.800. The molecule has 31 heavy (non-hydrogen) atoms. The van der Waals surface area contributed by atoms with Gasteiger partial charge in [0.05, 0.1) is 12.2 Å². The molecule has 0 aromatic heterocycles. The molecule has 2 amide bonds. The number of nitrogens with two attached hydrogens (primary N) is 2. The predicted molar refractivity (Wildman–Crippen MR) is 105 cm³/mol. The molecule has 0 aliphatic carbocycles. The minimum absolute atomic E-state index is 0.170. The highest BCUT2D eigenvalue weighted by Gasteiger charge is 2.49. The van der Waals surface area contributed by atoms with E-state index in [1.165, 1.54) is 0 Å². The van der Waals surface area contributed by atoms with E-state index in [4.69, 9.17) is 25.9 Å². The molecule has 12 N–H and O–H groups in total. The van der Waals surface area contributed by atoms with Crippen molar-refractivity contribution in [2.45, 2.75) is 61.4 Å². The minimum atomic E-state index is -1.78. The highest BCUT2D eigenvalue weighted by Crippen LogP contribution is 2.30. The summed E-state index contributed by atoms with van der Waals surface area (Å²) in [5.41, 5.74) is 3.72. The lowest BCUT2D eigenvalue weighted by Crippen LogP contribution is -2.63. The molecule has 0 aromatic carbocycles. The lowest BCUT2D eigenvalue weighted by Gasteiger charge is -2.45. The van der Waals surface area contributed by atoms with Gasteiger partial charge in [-0.05, 0) is 0 Å². The molecule has 17 heteroatoms. The molecule has 2 rings (SSSR count). The number of rotatable bonds is 6. The lowest BCUT2D eigenvalue weighted by molar-refractivity contribution is -0.369. The topological polar surface area (TPSA) is 259 Å². The first-order valence-corrected chi connectivity index (χ1v) is 10.9. The fourth-order valence-electron chi connectivity index (χ4n) is 2.86. The van der Waals surface area contributed by atoms with Crippen molar-refractivity contribution in [3.63, 3.8) is 0 Å². The molecule has 2 fully saturated rings. The number of amides is 2. The normalized spacial score (nSPS) is 40.9. The van der Waals surface area contributed by atoms with Crippen LogP contribution in [0.4, 0.5) is 9.59 Å². The smallest absolute Gasteiger partial charge is 0.293 e. The van der Waals surface area contributed by atoms with E-state index in [2.05, 4.69) is 0 Å². The Labute approximate surface area is 184 Å². The van der Waals surface area contributed by atoms with Gasteiger partial charge < -0.3 is 44.8 Å². The Morgan fingerprint density at radius 2 is 1.06 bits per heavy atom. The van der Waals surface area contributed by atoms with Crippen molar-refractivity contribution in [3.05, 3.63) is 0 Å². The number of hydrogen-bond acceptors (Lipinski definition) is 15. The number of carbonyl (C=O) groups is 2. The second kappa shape index (κ2) is 11.9. The quantitative estimate of drug-likeness (QED) is 0.0952. The summed E-state index contributed by atoms with van der Waals surface area (Å²) >= 11 is 1.28. The summed E-state index contributed by atoms with van der Waals surface area (Å²) in [6.45, 7) is 0. The van der Waals surface area contributed by atoms with E-state index < -0.39 is 71.9 Å². The summed E-state index contributed by atoms with van der Waals surface area (Å²) in [5.74, 6) is 9.60. The first kappa shape index (κ1) is 26.5. The summed E-state index contributed by atoms with van der Waals surface area (Å²) in [6, 6.07) is 0. The van der Waals surface area contributed by atoms with Crippen molar-refractivity contribution in [1.82, 2.24) is 10.9 Å². The van der Waals surface area contributed by atoms with Gasteiger partial charge >= 0.3 is 0 Å². The lowest BCUT2D eigenvalue weighted by atomic mass is 9.98. The van der Waals surface area contributed by atoms with Crippen molar-refractivity contribution in [2.24, 2.45) is 11.7 Å². The monoisotopic (exact) mass is 490 g/mol. The van der Waals surface area contributed by atoms with E-state index in [9.17, 15) is 40.2 Å². The van der Waals surface area contributed by atoms with Crippen molar-refractivity contribution in [1.29, 1.82) is 0 Å². The standard InChI is InChI=1S/C14H26N4O11S2/c15-17-13(25)30-1-3-5(19)7(21)9(23)11(27-3)29-12-10(24)8(22)6(20)4(28-12)2-31-14(26)18-16/h3-12,19-24H,1-2,15-16H2,(H,17,25)(H,18,26)/t3?,4?,5-,6-,7?,8?,9?,10?,11-,12-/m1/s1. The second-order valence-corrected chi connectivity index (χ2v) is 8.64. The highest BCUT2D eigenvalue weighted by molar-refractivity contribution is 8.13. The molecular formula is C14H26N4O11S2. The molecule has 180 valence electrons. The van der Waals surface area contributed by atoms with E-state index in [1.54, 1.807) is 0 Å². The van der Waals surface area contributed by atoms with Crippen LogP contribution in [0.2, 0.25) is 0 Å². The Morgan fingerprint density at radius 3 is 1.39 bits per heavy atom. The van der Waals surface area contributed by atoms with E-state index in [1.807, 2.05) is 10.9 Å². The van der Waals surface area contributed by atoms with Crippen molar-refractivity contribution in [3.8, 4) is 0 Å². The second-order valence-electron chi connectivity index (χ2n) is 6.65. The molecule has 0 radical (unpaired) electrons. The summed E-state index contributed by atoms with van der Waals surface area (Å²) < 4.78 is 16.2. The van der Waals surface area contributed by atoms with Crippen molar-refractivity contribution < 1.29 is 54.4 Å². The van der Waals surface area contributed by atoms with E-state index >= 15 is 0 Å². The fraction of sp³-hybridized carbons (Fsp3) is 0.857. The fourth-order valence-corrected chi connectivity index (χ4v) is 4.21. The number of thioether (sulfide) groups is 2. The number of ether oxygens (including phenoxy) is 3. The maximum Gasteiger partial charge on any atom is 0.293 e. The predicted octanol–water partition coefficient (Wildman–Crippen LogP) is -4.75. The molecule has 15 nitrogen and oxygen atoms in total. The minimum Gasteiger partial charge on any atom is -0.388 e. The van der Waals surface area contributed by atoms with Gasteiger partial charge in [-0.1, -0.05) is 23.5 Å². The molecular weight excluding hydrogens is 464 g/mol. The molecule has 2 saturated heterocycles. The van der Waals surface area contributed by atoms with Crippen molar-refractivity contribution in [2.75, 3.05) is 11.5 Å². The van der Waals surface area contributed by atoms with Crippen LogP contribution in [0, 0.1) is 0 Å². The zero-order valence-corrected chi connectivity index (χ0v) is 17.5. The average Bonchev–Trinajstić information content (AvgIpc) is 2.77. The van der Waals surface area contributed by atoms with Crippen LogP contribution < -0.4 is 22.5 Å². The van der Waals surface area contributed by atoms with Crippen LogP contribution in [0.3, 0.4) is 0 Å². The third kappa shape index (κ3) is 6.60. The van der Waals surface area contributed by atoms with E-state index in [0.29, 0.717) is 23.5 Å². The Morgan fingerprint density at radius 1 is 0.710 bits per heavy atom. The van der Waals surface area contributed by atoms with Gasteiger partial charge in [-0.2, -0.15) is 0 Å². The van der Waals surface area contributed by atoms with Crippen LogP contribution >= 0.6 is 23.5 Å². The summed E-state index contributed by atoms with van der Waals surface area (Å²) in [6.07, 6.45) is -15.8. The van der Waals surface area contributed by atoms with Crippen LogP contribution in [-0.2, 0) is 14.2 Å². The number of aliphatic hydroxyl groups excluding tert-OH is 6. The van der Waals surface area contributed by atoms with Gasteiger partial charge in [-0.3, -0.25) is 20.4 Å². The summed E-state index contributed by atoms with van der Waals surface area (Å²) in [5, 5.41) is 59.3. The summed E-state index contributed by atoms with van der Waals surface area (Å²) in [4.78, 5) is 22.6. The van der Waals surface area contributed by atoms with Gasteiger partial charge in [0.15, 0.2) is 12.6 Å². The van der Waals surface area contributed by atoms with E-state index in [0.717, 1.165) is 0 Å². The Bertz CT molecular complexity index is 573. The molecule has 0 saturated carbocycles. The molecule has 2 heterocycles. The van der Waals surface area contributed by atoms with Gasteiger partial charge in [-0.25, -0.2) is 11.7 Å². The van der Waals surface area contributed by atoms with Crippen LogP contribution in [0.1, 0.15) is 0 Å². The maximum absolute atomic E-state index is 11.3. The highest BCUT2D eigenvalue weighted by atomic mass is 32.2. The Kier molecular flexibility index (Phi) is 10.1. The summed E-state index contributed by atoms with van der Waals surface area (Å²) in [7, 11) is 0. The third-order valence-electron chi connectivity index (χ3n) is 4.60. The molecule has 6 unspecified atom stereocenters. The maximum atomic E-state index is 11.3. The van der Waals surface area contributed by atoms with Gasteiger partial charge in [-0.15, -0.1) is 0 Å². The van der Waals surface area contributed by atoms with Crippen LogP contribution in [0.25, 0.3) is 0 Å². The molecule has 0 aromatic rings. The molecule has 0 bridgehead atoms. The van der Waals surface area contributed by atoms with Gasteiger partial charge in [0.25, 0.3) is 10.5 Å². The number of nitrogens with one attached hydrogen (secondary N) is 2.